The molecule has 2 saturated carbocycles. The zero-order valence-corrected chi connectivity index (χ0v) is 10.7. The van der Waals surface area contributed by atoms with Gasteiger partial charge in [0.15, 0.2) is 0 Å². The fraction of sp³-hybridized carbons (Fsp3) is 0.625. The normalized spacial score (nSPS) is 35.4. The number of nitrogens with one attached hydrogen (secondary N) is 1. The Labute approximate surface area is 105 Å². The van der Waals surface area contributed by atoms with Crippen molar-refractivity contribution in [2.45, 2.75) is 32.1 Å². The molecule has 0 heterocycles. The van der Waals surface area contributed by atoms with E-state index in [1.165, 1.54) is 25.8 Å². The molecule has 2 fully saturated rings. The summed E-state index contributed by atoms with van der Waals surface area (Å²) in [7, 11) is 0. The Morgan fingerprint density at radius 1 is 1.12 bits per heavy atom. The van der Waals surface area contributed by atoms with Crippen molar-refractivity contribution >= 4 is 0 Å². The zero-order valence-electron chi connectivity index (χ0n) is 10.7. The van der Waals surface area contributed by atoms with E-state index in [-0.39, 0.29) is 0 Å². The summed E-state index contributed by atoms with van der Waals surface area (Å²) in [6.45, 7) is 4.58. The molecule has 4 atom stereocenters. The molecule has 0 bridgehead atoms. The van der Waals surface area contributed by atoms with Crippen molar-refractivity contribution in [3.05, 3.63) is 35.9 Å². The molecule has 17 heavy (non-hydrogen) atoms. The average Bonchev–Trinajstić information content (AvgIpc) is 3.09. The van der Waals surface area contributed by atoms with Crippen LogP contribution >= 0.6 is 0 Å². The van der Waals surface area contributed by atoms with Gasteiger partial charge in [-0.1, -0.05) is 37.3 Å². The average molecular weight is 229 g/mol. The standard InChI is InChI=1S/C16H23N/c1-2-17-11-13-8-9-14(13)16-10-15(16)12-6-4-3-5-7-12/h3-7,13-17H,2,8-11H2,1H3. The molecule has 1 heteroatoms. The Morgan fingerprint density at radius 2 is 1.94 bits per heavy atom. The topological polar surface area (TPSA) is 12.0 Å². The maximum atomic E-state index is 3.52. The van der Waals surface area contributed by atoms with Gasteiger partial charge in [0.25, 0.3) is 0 Å². The van der Waals surface area contributed by atoms with Crippen molar-refractivity contribution in [3.8, 4) is 0 Å². The monoisotopic (exact) mass is 229 g/mol. The van der Waals surface area contributed by atoms with Gasteiger partial charge in [0, 0.05) is 0 Å². The fourth-order valence-electron chi connectivity index (χ4n) is 3.51. The molecule has 1 nitrogen and oxygen atoms in total. The number of rotatable bonds is 5. The predicted octanol–water partition coefficient (Wildman–Crippen LogP) is 3.43. The summed E-state index contributed by atoms with van der Waals surface area (Å²) in [5.74, 6) is 3.85. The molecule has 4 unspecified atom stereocenters. The van der Waals surface area contributed by atoms with Gasteiger partial charge in [-0.05, 0) is 61.6 Å². The summed E-state index contributed by atoms with van der Waals surface area (Å²) in [5, 5.41) is 3.52. The Kier molecular flexibility index (Phi) is 3.19. The molecule has 92 valence electrons. The third kappa shape index (κ3) is 2.26. The van der Waals surface area contributed by atoms with Gasteiger partial charge >= 0.3 is 0 Å². The first kappa shape index (κ1) is 11.3. The summed E-state index contributed by atoms with van der Waals surface area (Å²) in [5.41, 5.74) is 1.58. The molecule has 0 aliphatic heterocycles. The molecule has 1 aromatic rings. The number of hydrogen-bond acceptors (Lipinski definition) is 1. The van der Waals surface area contributed by atoms with Gasteiger partial charge in [-0.2, -0.15) is 0 Å². The van der Waals surface area contributed by atoms with Crippen LogP contribution < -0.4 is 5.32 Å². The molecule has 0 amide bonds. The van der Waals surface area contributed by atoms with Crippen molar-refractivity contribution in [2.24, 2.45) is 17.8 Å². The molecule has 0 aromatic heterocycles. The van der Waals surface area contributed by atoms with Crippen LogP contribution in [0.25, 0.3) is 0 Å². The minimum atomic E-state index is 0.880. The second-order valence-electron chi connectivity index (χ2n) is 5.73. The van der Waals surface area contributed by atoms with E-state index in [4.69, 9.17) is 0 Å². The first-order valence-corrected chi connectivity index (χ1v) is 7.15. The van der Waals surface area contributed by atoms with Crippen molar-refractivity contribution < 1.29 is 0 Å². The quantitative estimate of drug-likeness (QED) is 0.815. The van der Waals surface area contributed by atoms with E-state index in [1.807, 2.05) is 0 Å². The lowest BCUT2D eigenvalue weighted by Crippen LogP contribution is -2.36. The van der Waals surface area contributed by atoms with Crippen LogP contribution in [0.5, 0.6) is 0 Å². The van der Waals surface area contributed by atoms with E-state index in [0.717, 1.165) is 30.2 Å². The highest BCUT2D eigenvalue weighted by Crippen LogP contribution is 2.58. The predicted molar refractivity (Wildman–Crippen MR) is 72.0 cm³/mol. The maximum Gasteiger partial charge on any atom is -0.00179 e. The first-order valence-electron chi connectivity index (χ1n) is 7.15. The number of benzene rings is 1. The Hall–Kier alpha value is -0.820. The summed E-state index contributed by atoms with van der Waals surface area (Å²) in [4.78, 5) is 0. The lowest BCUT2D eigenvalue weighted by atomic mass is 9.70. The first-order chi connectivity index (χ1) is 8.40. The van der Waals surface area contributed by atoms with E-state index < -0.39 is 0 Å². The maximum absolute atomic E-state index is 3.52. The minimum Gasteiger partial charge on any atom is -0.317 e. The van der Waals surface area contributed by atoms with Crippen molar-refractivity contribution in [1.82, 2.24) is 5.32 Å². The Bertz CT molecular complexity index is 359. The van der Waals surface area contributed by atoms with Crippen LogP contribution in [0, 0.1) is 17.8 Å². The molecule has 2 aliphatic rings. The molecule has 0 radical (unpaired) electrons. The third-order valence-electron chi connectivity index (χ3n) is 4.75. The van der Waals surface area contributed by atoms with Gasteiger partial charge in [-0.25, -0.2) is 0 Å². The van der Waals surface area contributed by atoms with E-state index in [0.29, 0.717) is 0 Å². The zero-order chi connectivity index (χ0) is 11.7. The molecular formula is C16H23N. The lowest BCUT2D eigenvalue weighted by molar-refractivity contribution is 0.145. The summed E-state index contributed by atoms with van der Waals surface area (Å²) < 4.78 is 0. The van der Waals surface area contributed by atoms with Crippen LogP contribution in [0.3, 0.4) is 0 Å². The van der Waals surface area contributed by atoms with Crippen molar-refractivity contribution in [3.63, 3.8) is 0 Å². The fourth-order valence-corrected chi connectivity index (χ4v) is 3.51. The lowest BCUT2D eigenvalue weighted by Gasteiger charge is -2.37. The van der Waals surface area contributed by atoms with Gasteiger partial charge in [-0.3, -0.25) is 0 Å². The van der Waals surface area contributed by atoms with E-state index in [2.05, 4.69) is 42.6 Å². The van der Waals surface area contributed by atoms with Crippen molar-refractivity contribution in [2.75, 3.05) is 13.1 Å². The minimum absolute atomic E-state index is 0.880. The molecule has 2 aliphatic carbocycles. The second-order valence-corrected chi connectivity index (χ2v) is 5.73. The molecule has 0 saturated heterocycles. The third-order valence-corrected chi connectivity index (χ3v) is 4.75. The molecule has 1 N–H and O–H groups in total. The summed E-state index contributed by atoms with van der Waals surface area (Å²) in [6, 6.07) is 11.1. The number of hydrogen-bond donors (Lipinski definition) is 1. The van der Waals surface area contributed by atoms with Gasteiger partial charge in [0.1, 0.15) is 0 Å². The molecular weight excluding hydrogens is 206 g/mol. The van der Waals surface area contributed by atoms with Crippen LogP contribution in [0.1, 0.15) is 37.7 Å². The Morgan fingerprint density at radius 3 is 2.59 bits per heavy atom. The smallest absolute Gasteiger partial charge is 0.00179 e. The van der Waals surface area contributed by atoms with E-state index >= 15 is 0 Å². The van der Waals surface area contributed by atoms with Crippen molar-refractivity contribution in [1.29, 1.82) is 0 Å². The van der Waals surface area contributed by atoms with E-state index in [9.17, 15) is 0 Å². The highest BCUT2D eigenvalue weighted by Gasteiger charge is 2.49. The van der Waals surface area contributed by atoms with Gasteiger partial charge < -0.3 is 5.32 Å². The molecule has 0 spiro atoms. The molecule has 3 rings (SSSR count). The molecule has 1 aromatic carbocycles. The van der Waals surface area contributed by atoms with Crippen LogP contribution in [-0.4, -0.2) is 13.1 Å². The second kappa shape index (κ2) is 4.81. The summed E-state index contributed by atoms with van der Waals surface area (Å²) >= 11 is 0. The Balaban J connectivity index is 1.55. The van der Waals surface area contributed by atoms with Crippen LogP contribution in [-0.2, 0) is 0 Å². The van der Waals surface area contributed by atoms with Gasteiger partial charge in [0.05, 0.1) is 0 Å². The van der Waals surface area contributed by atoms with Gasteiger partial charge in [0.2, 0.25) is 0 Å². The van der Waals surface area contributed by atoms with E-state index in [1.54, 1.807) is 5.56 Å². The van der Waals surface area contributed by atoms with Crippen LogP contribution in [0.2, 0.25) is 0 Å². The summed E-state index contributed by atoms with van der Waals surface area (Å²) in [6.07, 6.45) is 4.37. The van der Waals surface area contributed by atoms with Crippen LogP contribution in [0.15, 0.2) is 30.3 Å². The SMILES string of the molecule is CCNCC1CCC1C1CC1c1ccccc1. The highest BCUT2D eigenvalue weighted by atomic mass is 14.9. The van der Waals surface area contributed by atoms with Gasteiger partial charge in [-0.15, -0.1) is 0 Å². The van der Waals surface area contributed by atoms with Crippen LogP contribution in [0.4, 0.5) is 0 Å². The largest absolute Gasteiger partial charge is 0.317 e. The highest BCUT2D eigenvalue weighted by molar-refractivity contribution is 5.26.